The molecular formula is C34H36FN7O. The molecule has 0 spiro atoms. The number of rotatable bonds is 5. The first kappa shape index (κ1) is 26.7. The zero-order valence-electron chi connectivity index (χ0n) is 24.4. The first-order chi connectivity index (χ1) is 21.1. The third-order valence-corrected chi connectivity index (χ3v) is 10.6. The summed E-state index contributed by atoms with van der Waals surface area (Å²) in [4.78, 5) is 16.8. The van der Waals surface area contributed by atoms with E-state index in [1.165, 1.54) is 31.7 Å². The molecule has 1 aromatic carbocycles. The van der Waals surface area contributed by atoms with E-state index in [1.807, 2.05) is 0 Å². The number of anilines is 2. The van der Waals surface area contributed by atoms with Crippen molar-refractivity contribution in [3.8, 4) is 24.3 Å². The molecule has 4 saturated heterocycles. The molecule has 7 heterocycles. The molecule has 3 aromatic rings. The number of aromatic nitrogens is 2. The summed E-state index contributed by atoms with van der Waals surface area (Å²) in [5.41, 5.74) is 3.66. The fourth-order valence-electron chi connectivity index (χ4n) is 8.52. The van der Waals surface area contributed by atoms with Crippen LogP contribution < -0.4 is 19.9 Å². The van der Waals surface area contributed by atoms with Crippen molar-refractivity contribution in [2.45, 2.75) is 69.1 Å². The van der Waals surface area contributed by atoms with Crippen molar-refractivity contribution in [3.05, 3.63) is 52.6 Å². The number of ether oxygens (including phenoxy) is 1. The van der Waals surface area contributed by atoms with E-state index in [0.29, 0.717) is 55.0 Å². The highest BCUT2D eigenvalue weighted by atomic mass is 19.1. The van der Waals surface area contributed by atoms with E-state index in [2.05, 4.69) is 37.0 Å². The number of pyridine rings is 2. The monoisotopic (exact) mass is 577 g/mol. The van der Waals surface area contributed by atoms with Crippen LogP contribution >= 0.6 is 0 Å². The highest BCUT2D eigenvalue weighted by molar-refractivity contribution is 5.98. The number of piperazine rings is 1. The minimum Gasteiger partial charge on any atom is -0.475 e. The minimum atomic E-state index is -0.416. The van der Waals surface area contributed by atoms with Gasteiger partial charge in [-0.05, 0) is 70.2 Å². The lowest BCUT2D eigenvalue weighted by Crippen LogP contribution is -2.52. The molecule has 8 rings (SSSR count). The number of hydrogen-bond donors (Lipinski definition) is 1. The minimum absolute atomic E-state index is 0.0506. The molecule has 2 bridgehead atoms. The molecule has 2 unspecified atom stereocenters. The second-order valence-electron chi connectivity index (χ2n) is 12.9. The Hall–Kier alpha value is -3.92. The van der Waals surface area contributed by atoms with E-state index in [0.717, 1.165) is 67.0 Å². The maximum atomic E-state index is 14.8. The molecule has 0 saturated carbocycles. The number of nitriles is 1. The quantitative estimate of drug-likeness (QED) is 0.454. The van der Waals surface area contributed by atoms with Gasteiger partial charge < -0.3 is 19.9 Å². The molecule has 5 aliphatic rings. The lowest BCUT2D eigenvalue weighted by atomic mass is 9.94. The fourth-order valence-corrected chi connectivity index (χ4v) is 8.52. The van der Waals surface area contributed by atoms with Gasteiger partial charge in [-0.15, -0.1) is 6.42 Å². The van der Waals surface area contributed by atoms with Gasteiger partial charge in [-0.3, -0.25) is 9.88 Å². The molecular weight excluding hydrogens is 541 g/mol. The molecule has 2 atom stereocenters. The first-order valence-electron chi connectivity index (χ1n) is 15.7. The summed E-state index contributed by atoms with van der Waals surface area (Å²) < 4.78 is 21.5. The van der Waals surface area contributed by atoms with Crippen LogP contribution in [0.4, 0.5) is 15.9 Å². The number of hydrogen-bond acceptors (Lipinski definition) is 8. The molecule has 0 aliphatic carbocycles. The third-order valence-electron chi connectivity index (χ3n) is 10.6. The zero-order chi connectivity index (χ0) is 29.1. The van der Waals surface area contributed by atoms with Gasteiger partial charge in [-0.2, -0.15) is 10.2 Å². The van der Waals surface area contributed by atoms with Crippen molar-refractivity contribution in [1.82, 2.24) is 20.2 Å². The van der Waals surface area contributed by atoms with Gasteiger partial charge in [-0.25, -0.2) is 4.39 Å². The predicted octanol–water partition coefficient (Wildman–Crippen LogP) is 4.13. The molecule has 9 heteroatoms. The Balaban J connectivity index is 1.21. The molecule has 1 N–H and O–H groups in total. The van der Waals surface area contributed by atoms with Crippen molar-refractivity contribution in [1.29, 1.82) is 5.26 Å². The molecule has 43 heavy (non-hydrogen) atoms. The maximum Gasteiger partial charge on any atom is 0.234 e. The van der Waals surface area contributed by atoms with Gasteiger partial charge in [0.1, 0.15) is 29.9 Å². The summed E-state index contributed by atoms with van der Waals surface area (Å²) in [7, 11) is 0. The van der Waals surface area contributed by atoms with Gasteiger partial charge >= 0.3 is 0 Å². The van der Waals surface area contributed by atoms with E-state index in [4.69, 9.17) is 16.1 Å². The van der Waals surface area contributed by atoms with E-state index < -0.39 is 5.82 Å². The Labute approximate surface area is 251 Å². The van der Waals surface area contributed by atoms with Crippen LogP contribution in [0.25, 0.3) is 10.8 Å². The average Bonchev–Trinajstić information content (AvgIpc) is 3.72. The Kier molecular flexibility index (Phi) is 6.43. The lowest BCUT2D eigenvalue weighted by molar-refractivity contribution is 0.110. The summed E-state index contributed by atoms with van der Waals surface area (Å²) in [5.74, 6) is 3.56. The van der Waals surface area contributed by atoms with Crippen LogP contribution in [0, 0.1) is 29.5 Å². The number of halogens is 1. The van der Waals surface area contributed by atoms with Crippen LogP contribution in [0.2, 0.25) is 0 Å². The molecule has 0 amide bonds. The summed E-state index contributed by atoms with van der Waals surface area (Å²) in [6, 6.07) is 6.53. The van der Waals surface area contributed by atoms with Crippen LogP contribution in [-0.4, -0.2) is 71.8 Å². The van der Waals surface area contributed by atoms with Crippen molar-refractivity contribution in [2.24, 2.45) is 0 Å². The highest BCUT2D eigenvalue weighted by Gasteiger charge is 2.45. The molecule has 2 aromatic heterocycles. The van der Waals surface area contributed by atoms with E-state index >= 15 is 0 Å². The average molecular weight is 578 g/mol. The van der Waals surface area contributed by atoms with Gasteiger partial charge in [0.25, 0.3) is 0 Å². The number of terminal acetylenes is 1. The lowest BCUT2D eigenvalue weighted by Gasteiger charge is -2.39. The van der Waals surface area contributed by atoms with E-state index in [-0.39, 0.29) is 11.1 Å². The molecule has 0 radical (unpaired) electrons. The number of nitrogens with zero attached hydrogens (tertiary/aromatic N) is 6. The fraction of sp³-hybridized carbons (Fsp3) is 0.500. The van der Waals surface area contributed by atoms with Crippen LogP contribution in [0.5, 0.6) is 5.88 Å². The standard InChI is InChI=1S/C34H36FN7O/c1-2-25-29(35)8-5-22-16-37-17-30(31(22)25)40-14-9-26-28(20-40)27(15-36)33(43-21-34-10-3-12-42(34)13-4-11-34)39-32(26)41-18-23-6-7-24(19-41)38-23/h1,5,8,16-17,23-24,38H,3-4,6-7,9-14,18-21H2. The topological polar surface area (TPSA) is 80.6 Å². The van der Waals surface area contributed by atoms with Gasteiger partial charge in [0.15, 0.2) is 0 Å². The van der Waals surface area contributed by atoms with E-state index in [9.17, 15) is 9.65 Å². The molecule has 220 valence electrons. The Bertz CT molecular complexity index is 1670. The smallest absolute Gasteiger partial charge is 0.234 e. The summed E-state index contributed by atoms with van der Waals surface area (Å²) in [6.07, 6.45) is 17.0. The molecule has 4 fully saturated rings. The number of nitrogens with one attached hydrogen (secondary N) is 1. The van der Waals surface area contributed by atoms with Crippen molar-refractivity contribution >= 4 is 22.3 Å². The van der Waals surface area contributed by atoms with Crippen LogP contribution in [0.15, 0.2) is 24.5 Å². The van der Waals surface area contributed by atoms with Crippen LogP contribution in [0.1, 0.15) is 60.8 Å². The van der Waals surface area contributed by atoms with Gasteiger partial charge in [0, 0.05) is 66.4 Å². The Morgan fingerprint density at radius 2 is 1.84 bits per heavy atom. The Morgan fingerprint density at radius 3 is 2.58 bits per heavy atom. The number of fused-ring (bicyclic) bond motifs is 5. The van der Waals surface area contributed by atoms with Crippen LogP contribution in [0.3, 0.4) is 0 Å². The zero-order valence-corrected chi connectivity index (χ0v) is 24.4. The number of benzene rings is 1. The van der Waals surface area contributed by atoms with Gasteiger partial charge in [0.05, 0.1) is 23.0 Å². The SMILES string of the molecule is C#Cc1c(F)ccc2cncc(N3CCc4c(N5CC6CCC(C5)N6)nc(OCC56CCCN5CCC6)c(C#N)c4C3)c12. The summed E-state index contributed by atoms with van der Waals surface area (Å²) in [5, 5.41) is 15.8. The van der Waals surface area contributed by atoms with Crippen molar-refractivity contribution in [3.63, 3.8) is 0 Å². The van der Waals surface area contributed by atoms with E-state index in [1.54, 1.807) is 18.5 Å². The van der Waals surface area contributed by atoms with Gasteiger partial charge in [0.2, 0.25) is 5.88 Å². The second kappa shape index (κ2) is 10.4. The predicted molar refractivity (Wildman–Crippen MR) is 164 cm³/mol. The normalized spacial score (nSPS) is 24.1. The second-order valence-corrected chi connectivity index (χ2v) is 12.9. The van der Waals surface area contributed by atoms with Gasteiger partial charge in [-0.1, -0.05) is 5.92 Å². The third kappa shape index (κ3) is 4.32. The first-order valence-corrected chi connectivity index (χ1v) is 15.7. The summed E-state index contributed by atoms with van der Waals surface area (Å²) in [6.45, 7) is 5.76. The highest BCUT2D eigenvalue weighted by Crippen LogP contribution is 2.42. The van der Waals surface area contributed by atoms with Crippen molar-refractivity contribution < 1.29 is 9.13 Å². The molecule has 8 nitrogen and oxygen atoms in total. The maximum absolute atomic E-state index is 14.8. The summed E-state index contributed by atoms with van der Waals surface area (Å²) >= 11 is 0. The molecule has 5 aliphatic heterocycles. The largest absolute Gasteiger partial charge is 0.475 e. The van der Waals surface area contributed by atoms with Crippen LogP contribution in [-0.2, 0) is 13.0 Å². The Morgan fingerprint density at radius 1 is 1.05 bits per heavy atom. The van der Waals surface area contributed by atoms with Crippen molar-refractivity contribution in [2.75, 3.05) is 49.1 Å².